The molecule has 1 amide bonds. The smallest absolute Gasteiger partial charge is 0.305 e. The number of amides is 1. The van der Waals surface area contributed by atoms with Crippen molar-refractivity contribution < 1.29 is 19.4 Å². The van der Waals surface area contributed by atoms with Crippen LogP contribution >= 0.6 is 11.6 Å². The summed E-state index contributed by atoms with van der Waals surface area (Å²) in [6, 6.07) is 6.47. The van der Waals surface area contributed by atoms with Crippen molar-refractivity contribution in [1.29, 1.82) is 0 Å². The molecule has 2 unspecified atom stereocenters. The summed E-state index contributed by atoms with van der Waals surface area (Å²) in [4.78, 5) is 22.9. The molecule has 1 aromatic rings. The normalized spacial score (nSPS) is 16.9. The van der Waals surface area contributed by atoms with Crippen LogP contribution in [-0.2, 0) is 9.59 Å². The Kier molecular flexibility index (Phi) is 5.07. The number of hydrogen-bond acceptors (Lipinski definition) is 3. The van der Waals surface area contributed by atoms with E-state index in [1.165, 1.54) is 0 Å². The monoisotopic (exact) mass is 311 g/mol. The summed E-state index contributed by atoms with van der Waals surface area (Å²) in [5, 5.41) is 12.2. The van der Waals surface area contributed by atoms with Gasteiger partial charge in [-0.2, -0.15) is 0 Å². The number of aliphatic carboxylic acids is 1. The van der Waals surface area contributed by atoms with Gasteiger partial charge in [0.1, 0.15) is 5.75 Å². The molecule has 0 bridgehead atoms. The lowest BCUT2D eigenvalue weighted by atomic mass is 10.1. The Morgan fingerprint density at radius 2 is 2.19 bits per heavy atom. The summed E-state index contributed by atoms with van der Waals surface area (Å²) < 4.78 is 5.52. The number of ether oxygens (including phenoxy) is 1. The molecule has 114 valence electrons. The summed E-state index contributed by atoms with van der Waals surface area (Å²) in [6.07, 6.45) is 1.16. The van der Waals surface area contributed by atoms with Gasteiger partial charge in [-0.15, -0.1) is 0 Å². The SMILES string of the molecule is CC(Oc1cccc(Cl)c1)C(=O)NC(CC(=O)O)C1CC1. The fourth-order valence-electron chi connectivity index (χ4n) is 2.12. The molecule has 0 spiro atoms. The second kappa shape index (κ2) is 6.80. The number of carbonyl (C=O) groups excluding carboxylic acids is 1. The van der Waals surface area contributed by atoms with Crippen molar-refractivity contribution in [3.05, 3.63) is 29.3 Å². The lowest BCUT2D eigenvalue weighted by Gasteiger charge is -2.20. The van der Waals surface area contributed by atoms with Crippen molar-refractivity contribution in [2.75, 3.05) is 0 Å². The minimum atomic E-state index is -0.907. The summed E-state index contributed by atoms with van der Waals surface area (Å²) in [6.45, 7) is 1.63. The molecule has 0 aliphatic heterocycles. The Bertz CT molecular complexity index is 530. The van der Waals surface area contributed by atoms with E-state index >= 15 is 0 Å². The Morgan fingerprint density at radius 1 is 1.48 bits per heavy atom. The van der Waals surface area contributed by atoms with Crippen LogP contribution in [0.15, 0.2) is 24.3 Å². The van der Waals surface area contributed by atoms with Gasteiger partial charge in [0.15, 0.2) is 6.10 Å². The first kappa shape index (κ1) is 15.6. The zero-order valence-electron chi connectivity index (χ0n) is 11.7. The highest BCUT2D eigenvalue weighted by atomic mass is 35.5. The van der Waals surface area contributed by atoms with E-state index in [1.807, 2.05) is 0 Å². The lowest BCUT2D eigenvalue weighted by molar-refractivity contribution is -0.138. The van der Waals surface area contributed by atoms with E-state index in [1.54, 1.807) is 31.2 Å². The van der Waals surface area contributed by atoms with Crippen molar-refractivity contribution in [2.24, 2.45) is 5.92 Å². The number of benzene rings is 1. The number of halogens is 1. The topological polar surface area (TPSA) is 75.6 Å². The zero-order valence-corrected chi connectivity index (χ0v) is 12.5. The van der Waals surface area contributed by atoms with Crippen LogP contribution in [0.2, 0.25) is 5.02 Å². The lowest BCUT2D eigenvalue weighted by Crippen LogP contribution is -2.44. The second-order valence-corrected chi connectivity index (χ2v) is 5.70. The molecule has 2 rings (SSSR count). The summed E-state index contributed by atoms with van der Waals surface area (Å²) in [7, 11) is 0. The molecular weight excluding hydrogens is 294 g/mol. The summed E-state index contributed by atoms with van der Waals surface area (Å²) >= 11 is 5.85. The standard InChI is InChI=1S/C15H18ClNO4/c1-9(21-12-4-2-3-11(16)7-12)15(20)17-13(8-14(18)19)10-5-6-10/h2-4,7,9-10,13H,5-6,8H2,1H3,(H,17,20)(H,18,19). The Labute approximate surface area is 128 Å². The Morgan fingerprint density at radius 3 is 2.76 bits per heavy atom. The fraction of sp³-hybridized carbons (Fsp3) is 0.467. The molecule has 1 aliphatic carbocycles. The first-order valence-corrected chi connectivity index (χ1v) is 7.28. The van der Waals surface area contributed by atoms with Crippen LogP contribution < -0.4 is 10.1 Å². The van der Waals surface area contributed by atoms with Crippen LogP contribution in [-0.4, -0.2) is 29.1 Å². The Balaban J connectivity index is 1.90. The van der Waals surface area contributed by atoms with E-state index in [-0.39, 0.29) is 24.3 Å². The largest absolute Gasteiger partial charge is 0.481 e. The van der Waals surface area contributed by atoms with Crippen LogP contribution in [0.3, 0.4) is 0 Å². The van der Waals surface area contributed by atoms with Gasteiger partial charge in [0.25, 0.3) is 5.91 Å². The van der Waals surface area contributed by atoms with Gasteiger partial charge in [-0.1, -0.05) is 17.7 Å². The van der Waals surface area contributed by atoms with Crippen molar-refractivity contribution in [2.45, 2.75) is 38.3 Å². The third-order valence-electron chi connectivity index (χ3n) is 3.39. The quantitative estimate of drug-likeness (QED) is 0.811. The number of nitrogens with one attached hydrogen (secondary N) is 1. The van der Waals surface area contributed by atoms with E-state index in [4.69, 9.17) is 21.4 Å². The maximum atomic E-state index is 12.1. The molecule has 21 heavy (non-hydrogen) atoms. The number of rotatable bonds is 7. The van der Waals surface area contributed by atoms with E-state index in [0.29, 0.717) is 10.8 Å². The van der Waals surface area contributed by atoms with Crippen LogP contribution in [0.1, 0.15) is 26.2 Å². The van der Waals surface area contributed by atoms with Crippen molar-refractivity contribution in [3.63, 3.8) is 0 Å². The molecule has 1 fully saturated rings. The third kappa shape index (κ3) is 4.93. The minimum absolute atomic E-state index is 0.0553. The average molecular weight is 312 g/mol. The van der Waals surface area contributed by atoms with Crippen molar-refractivity contribution in [1.82, 2.24) is 5.32 Å². The molecule has 0 aromatic heterocycles. The predicted molar refractivity (Wildman–Crippen MR) is 78.4 cm³/mol. The van der Waals surface area contributed by atoms with Crippen molar-refractivity contribution >= 4 is 23.5 Å². The Hall–Kier alpha value is -1.75. The summed E-state index contributed by atoms with van der Waals surface area (Å²) in [5.74, 6) is -0.446. The van der Waals surface area contributed by atoms with E-state index in [9.17, 15) is 9.59 Å². The minimum Gasteiger partial charge on any atom is -0.481 e. The molecular formula is C15H18ClNO4. The maximum absolute atomic E-state index is 12.1. The van der Waals surface area contributed by atoms with Crippen molar-refractivity contribution in [3.8, 4) is 5.75 Å². The molecule has 0 heterocycles. The average Bonchev–Trinajstić information content (AvgIpc) is 3.21. The highest BCUT2D eigenvalue weighted by molar-refractivity contribution is 6.30. The first-order valence-electron chi connectivity index (χ1n) is 6.90. The van der Waals surface area contributed by atoms with E-state index in [0.717, 1.165) is 12.8 Å². The molecule has 1 aromatic carbocycles. The van der Waals surface area contributed by atoms with Crippen LogP contribution in [0, 0.1) is 5.92 Å². The molecule has 0 saturated heterocycles. The van der Waals surface area contributed by atoms with Gasteiger partial charge in [0.2, 0.25) is 0 Å². The molecule has 2 atom stereocenters. The van der Waals surface area contributed by atoms with Gasteiger partial charge in [-0.25, -0.2) is 0 Å². The molecule has 1 saturated carbocycles. The molecule has 0 radical (unpaired) electrons. The number of hydrogen-bond donors (Lipinski definition) is 2. The third-order valence-corrected chi connectivity index (χ3v) is 3.63. The van der Waals surface area contributed by atoms with Crippen LogP contribution in [0.4, 0.5) is 0 Å². The maximum Gasteiger partial charge on any atom is 0.305 e. The van der Waals surface area contributed by atoms with E-state index in [2.05, 4.69) is 5.32 Å². The molecule has 6 heteroatoms. The van der Waals surface area contributed by atoms with Crippen LogP contribution in [0.25, 0.3) is 0 Å². The first-order chi connectivity index (χ1) is 9.95. The number of carbonyl (C=O) groups is 2. The summed E-state index contributed by atoms with van der Waals surface area (Å²) in [5.41, 5.74) is 0. The van der Waals surface area contributed by atoms with Gasteiger partial charge < -0.3 is 15.2 Å². The molecule has 5 nitrogen and oxygen atoms in total. The van der Waals surface area contributed by atoms with Crippen LogP contribution in [0.5, 0.6) is 5.75 Å². The predicted octanol–water partition coefficient (Wildman–Crippen LogP) is 2.48. The van der Waals surface area contributed by atoms with E-state index < -0.39 is 12.1 Å². The molecule has 1 aliphatic rings. The fourth-order valence-corrected chi connectivity index (χ4v) is 2.30. The highest BCUT2D eigenvalue weighted by Gasteiger charge is 2.34. The zero-order chi connectivity index (χ0) is 15.4. The molecule has 2 N–H and O–H groups in total. The highest BCUT2D eigenvalue weighted by Crippen LogP contribution is 2.34. The van der Waals surface area contributed by atoms with Gasteiger partial charge in [0, 0.05) is 11.1 Å². The number of carboxylic acids is 1. The second-order valence-electron chi connectivity index (χ2n) is 5.27. The van der Waals surface area contributed by atoms with Gasteiger partial charge in [-0.3, -0.25) is 9.59 Å². The van der Waals surface area contributed by atoms with Gasteiger partial charge in [0.05, 0.1) is 6.42 Å². The van der Waals surface area contributed by atoms with Gasteiger partial charge in [-0.05, 0) is 43.9 Å². The van der Waals surface area contributed by atoms with Gasteiger partial charge >= 0.3 is 5.97 Å². The number of carboxylic acid groups (broad SMARTS) is 1.